The smallest absolute Gasteiger partial charge is 0.309 e. The van der Waals surface area contributed by atoms with Gasteiger partial charge in [0.1, 0.15) is 0 Å². The molecule has 0 atom stereocenters. The lowest BCUT2D eigenvalue weighted by Gasteiger charge is -2.27. The van der Waals surface area contributed by atoms with Crippen LogP contribution in [-0.4, -0.2) is 16.1 Å². The van der Waals surface area contributed by atoms with E-state index in [0.29, 0.717) is 6.42 Å². The summed E-state index contributed by atoms with van der Waals surface area (Å²) >= 11 is 0. The normalized spacial score (nSPS) is 19.5. The summed E-state index contributed by atoms with van der Waals surface area (Å²) in [6, 6.07) is 3.85. The Hall–Kier alpha value is -1.38. The summed E-state index contributed by atoms with van der Waals surface area (Å²) in [5.41, 5.74) is 0.483. The van der Waals surface area contributed by atoms with Gasteiger partial charge in [-0.25, -0.2) is 0 Å². The van der Waals surface area contributed by atoms with Gasteiger partial charge in [-0.1, -0.05) is 31.7 Å². The average Bonchev–Trinajstić information content (AvgIpc) is 2.57. The molecule has 0 saturated heterocycles. The predicted octanol–water partition coefficient (Wildman–Crippen LogP) is 3.05. The number of nitrogens with zero attached hydrogens (tertiary/aromatic N) is 1. The molecule has 1 aliphatic rings. The Morgan fingerprint density at radius 1 is 1.29 bits per heavy atom. The predicted molar refractivity (Wildman–Crippen MR) is 65.7 cm³/mol. The maximum atomic E-state index is 11.6. The van der Waals surface area contributed by atoms with Gasteiger partial charge in [-0.05, 0) is 30.9 Å². The van der Waals surface area contributed by atoms with Crippen molar-refractivity contribution >= 4 is 5.97 Å². The third kappa shape index (κ3) is 2.84. The van der Waals surface area contributed by atoms with Crippen molar-refractivity contribution in [1.82, 2.24) is 4.98 Å². The van der Waals surface area contributed by atoms with Crippen LogP contribution in [-0.2, 0) is 11.2 Å². The number of carbonyl (C=O) groups is 1. The van der Waals surface area contributed by atoms with E-state index in [-0.39, 0.29) is 0 Å². The van der Waals surface area contributed by atoms with Gasteiger partial charge >= 0.3 is 5.97 Å². The first-order valence-corrected chi connectivity index (χ1v) is 6.35. The molecule has 1 aliphatic carbocycles. The Labute approximate surface area is 102 Å². The standard InChI is InChI=1S/C14H19NO2/c16-13(17)14(7-3-1-2-4-8-14)10-12-6-5-9-15-11-12/h5-6,9,11H,1-4,7-8,10H2,(H,16,17). The highest BCUT2D eigenvalue weighted by Crippen LogP contribution is 2.38. The first-order chi connectivity index (χ1) is 8.23. The first-order valence-electron chi connectivity index (χ1n) is 6.35. The van der Waals surface area contributed by atoms with Gasteiger partial charge in [-0.2, -0.15) is 0 Å². The number of carboxylic acid groups (broad SMARTS) is 1. The number of aliphatic carboxylic acids is 1. The van der Waals surface area contributed by atoms with Crippen molar-refractivity contribution in [2.75, 3.05) is 0 Å². The molecule has 92 valence electrons. The van der Waals surface area contributed by atoms with Crippen molar-refractivity contribution in [2.24, 2.45) is 5.41 Å². The van der Waals surface area contributed by atoms with E-state index in [2.05, 4.69) is 4.98 Å². The lowest BCUT2D eigenvalue weighted by molar-refractivity contribution is -0.149. The topological polar surface area (TPSA) is 50.2 Å². The summed E-state index contributed by atoms with van der Waals surface area (Å²) in [4.78, 5) is 15.7. The van der Waals surface area contributed by atoms with Crippen LogP contribution in [0.2, 0.25) is 0 Å². The molecule has 1 aromatic heterocycles. The Kier molecular flexibility index (Phi) is 3.77. The van der Waals surface area contributed by atoms with Crippen LogP contribution in [0.4, 0.5) is 0 Å². The van der Waals surface area contributed by atoms with Gasteiger partial charge in [0.25, 0.3) is 0 Å². The molecule has 0 spiro atoms. The van der Waals surface area contributed by atoms with Crippen LogP contribution in [0.5, 0.6) is 0 Å². The van der Waals surface area contributed by atoms with Crippen LogP contribution in [0.25, 0.3) is 0 Å². The van der Waals surface area contributed by atoms with E-state index < -0.39 is 11.4 Å². The number of hydrogen-bond donors (Lipinski definition) is 1. The molecule has 3 nitrogen and oxygen atoms in total. The molecule has 3 heteroatoms. The van der Waals surface area contributed by atoms with Crippen molar-refractivity contribution in [2.45, 2.75) is 44.9 Å². The van der Waals surface area contributed by atoms with Crippen LogP contribution in [0, 0.1) is 5.41 Å². The van der Waals surface area contributed by atoms with Crippen LogP contribution in [0.15, 0.2) is 24.5 Å². The molecule has 2 rings (SSSR count). The molecular formula is C14H19NO2. The van der Waals surface area contributed by atoms with Crippen LogP contribution in [0.1, 0.15) is 44.1 Å². The number of aromatic nitrogens is 1. The molecule has 1 fully saturated rings. The monoisotopic (exact) mass is 233 g/mol. The molecule has 0 unspecified atom stereocenters. The van der Waals surface area contributed by atoms with Gasteiger partial charge in [0.15, 0.2) is 0 Å². The lowest BCUT2D eigenvalue weighted by atomic mass is 9.75. The molecule has 1 N–H and O–H groups in total. The molecule has 0 bridgehead atoms. The number of rotatable bonds is 3. The third-order valence-corrected chi connectivity index (χ3v) is 3.78. The molecule has 0 aliphatic heterocycles. The van der Waals surface area contributed by atoms with Crippen molar-refractivity contribution in [1.29, 1.82) is 0 Å². The van der Waals surface area contributed by atoms with E-state index >= 15 is 0 Å². The SMILES string of the molecule is O=C(O)C1(Cc2cccnc2)CCCCCC1. The largest absolute Gasteiger partial charge is 0.481 e. The molecule has 1 saturated carbocycles. The molecule has 17 heavy (non-hydrogen) atoms. The Morgan fingerprint density at radius 2 is 2.00 bits per heavy atom. The highest BCUT2D eigenvalue weighted by atomic mass is 16.4. The Bertz CT molecular complexity index is 367. The van der Waals surface area contributed by atoms with Crippen LogP contribution in [0.3, 0.4) is 0 Å². The first kappa shape index (κ1) is 12.1. The van der Waals surface area contributed by atoms with Crippen molar-refractivity contribution in [3.8, 4) is 0 Å². The minimum Gasteiger partial charge on any atom is -0.481 e. The molecule has 0 aromatic carbocycles. The third-order valence-electron chi connectivity index (χ3n) is 3.78. The fraction of sp³-hybridized carbons (Fsp3) is 0.571. The van der Waals surface area contributed by atoms with Crippen LogP contribution < -0.4 is 0 Å². The fourth-order valence-electron chi connectivity index (χ4n) is 2.77. The zero-order valence-electron chi connectivity index (χ0n) is 10.1. The van der Waals surface area contributed by atoms with E-state index in [4.69, 9.17) is 0 Å². The van der Waals surface area contributed by atoms with Gasteiger partial charge in [-0.15, -0.1) is 0 Å². The van der Waals surface area contributed by atoms with E-state index in [0.717, 1.165) is 31.2 Å². The summed E-state index contributed by atoms with van der Waals surface area (Å²) in [5.74, 6) is -0.636. The fourth-order valence-corrected chi connectivity index (χ4v) is 2.77. The number of carboxylic acids is 1. The van der Waals surface area contributed by atoms with Crippen molar-refractivity contribution in [3.63, 3.8) is 0 Å². The summed E-state index contributed by atoms with van der Waals surface area (Å²) in [7, 11) is 0. The van der Waals surface area contributed by atoms with Gasteiger partial charge in [-0.3, -0.25) is 9.78 Å². The maximum absolute atomic E-state index is 11.6. The average molecular weight is 233 g/mol. The molecule has 0 amide bonds. The van der Waals surface area contributed by atoms with Gasteiger partial charge < -0.3 is 5.11 Å². The zero-order valence-corrected chi connectivity index (χ0v) is 10.1. The zero-order chi connectivity index (χ0) is 12.1. The number of hydrogen-bond acceptors (Lipinski definition) is 2. The minimum absolute atomic E-state index is 0.556. The Balaban J connectivity index is 2.19. The minimum atomic E-state index is -0.636. The molecule has 1 heterocycles. The van der Waals surface area contributed by atoms with Crippen LogP contribution >= 0.6 is 0 Å². The highest BCUT2D eigenvalue weighted by Gasteiger charge is 2.38. The summed E-state index contributed by atoms with van der Waals surface area (Å²) in [6.45, 7) is 0. The molecule has 0 radical (unpaired) electrons. The van der Waals surface area contributed by atoms with E-state index in [1.165, 1.54) is 12.8 Å². The quantitative estimate of drug-likeness (QED) is 0.816. The summed E-state index contributed by atoms with van der Waals surface area (Å²) in [5, 5.41) is 9.55. The van der Waals surface area contributed by atoms with Gasteiger partial charge in [0.2, 0.25) is 0 Å². The Morgan fingerprint density at radius 3 is 2.53 bits per heavy atom. The van der Waals surface area contributed by atoms with Gasteiger partial charge in [0.05, 0.1) is 5.41 Å². The number of pyridine rings is 1. The van der Waals surface area contributed by atoms with E-state index in [9.17, 15) is 9.90 Å². The van der Waals surface area contributed by atoms with Gasteiger partial charge in [0, 0.05) is 12.4 Å². The molecule has 1 aromatic rings. The highest BCUT2D eigenvalue weighted by molar-refractivity contribution is 5.75. The van der Waals surface area contributed by atoms with E-state index in [1.807, 2.05) is 12.1 Å². The lowest BCUT2D eigenvalue weighted by Crippen LogP contribution is -2.33. The molecular weight excluding hydrogens is 214 g/mol. The van der Waals surface area contributed by atoms with E-state index in [1.54, 1.807) is 12.4 Å². The van der Waals surface area contributed by atoms with Crippen molar-refractivity contribution in [3.05, 3.63) is 30.1 Å². The second kappa shape index (κ2) is 5.30. The maximum Gasteiger partial charge on any atom is 0.309 e. The second-order valence-electron chi connectivity index (χ2n) is 5.04. The summed E-state index contributed by atoms with van der Waals surface area (Å²) < 4.78 is 0. The second-order valence-corrected chi connectivity index (χ2v) is 5.04. The summed E-state index contributed by atoms with van der Waals surface area (Å²) in [6.07, 6.45) is 10.1. The van der Waals surface area contributed by atoms with Crippen molar-refractivity contribution < 1.29 is 9.90 Å².